The monoisotopic (exact) mass is 210 g/mol. The van der Waals surface area contributed by atoms with Crippen molar-refractivity contribution < 1.29 is 9.59 Å². The summed E-state index contributed by atoms with van der Waals surface area (Å²) in [5.74, 6) is 0.311. The molecule has 2 rings (SSSR count). The zero-order chi connectivity index (χ0) is 11.2. The van der Waals surface area contributed by atoms with Crippen molar-refractivity contribution in [3.8, 4) is 0 Å². The van der Waals surface area contributed by atoms with E-state index in [2.05, 4.69) is 10.6 Å². The van der Waals surface area contributed by atoms with Crippen LogP contribution in [0.3, 0.4) is 0 Å². The molecule has 2 N–H and O–H groups in total. The number of carbonyl (C=O) groups excluding carboxylic acids is 2. The van der Waals surface area contributed by atoms with Gasteiger partial charge in [-0.15, -0.1) is 0 Å². The van der Waals surface area contributed by atoms with Gasteiger partial charge in [0.25, 0.3) is 0 Å². The lowest BCUT2D eigenvalue weighted by molar-refractivity contribution is -0.139. The molecule has 1 saturated carbocycles. The van der Waals surface area contributed by atoms with Crippen LogP contribution in [0.15, 0.2) is 0 Å². The van der Waals surface area contributed by atoms with Crippen molar-refractivity contribution in [3.05, 3.63) is 0 Å². The molecule has 2 unspecified atom stereocenters. The highest BCUT2D eigenvalue weighted by Gasteiger charge is 2.45. The van der Waals surface area contributed by atoms with E-state index in [-0.39, 0.29) is 23.3 Å². The van der Waals surface area contributed by atoms with Crippen LogP contribution < -0.4 is 10.6 Å². The Balaban J connectivity index is 2.09. The van der Waals surface area contributed by atoms with Crippen LogP contribution in [0.1, 0.15) is 33.6 Å². The molecule has 1 saturated heterocycles. The molecule has 0 bridgehead atoms. The zero-order valence-electron chi connectivity index (χ0n) is 9.46. The lowest BCUT2D eigenvalue weighted by Gasteiger charge is -2.36. The molecule has 2 fully saturated rings. The molecule has 2 atom stereocenters. The molecule has 84 valence electrons. The van der Waals surface area contributed by atoms with Crippen LogP contribution in [0.25, 0.3) is 0 Å². The Morgan fingerprint density at radius 2 is 1.67 bits per heavy atom. The average Bonchev–Trinajstić information content (AvgIpc) is 2.89. The van der Waals surface area contributed by atoms with Crippen LogP contribution in [0.4, 0.5) is 0 Å². The van der Waals surface area contributed by atoms with E-state index in [0.29, 0.717) is 5.92 Å². The number of carbonyl (C=O) groups is 2. The molecule has 4 nitrogen and oxygen atoms in total. The summed E-state index contributed by atoms with van der Waals surface area (Å²) in [5.41, 5.74) is -0.228. The van der Waals surface area contributed by atoms with Gasteiger partial charge in [-0.1, -0.05) is 20.8 Å². The second-order valence-electron chi connectivity index (χ2n) is 5.63. The smallest absolute Gasteiger partial charge is 0.243 e. The highest BCUT2D eigenvalue weighted by Crippen LogP contribution is 2.34. The maximum absolute atomic E-state index is 11.8. The highest BCUT2D eigenvalue weighted by atomic mass is 16.2. The van der Waals surface area contributed by atoms with E-state index < -0.39 is 6.04 Å². The van der Waals surface area contributed by atoms with E-state index in [1.165, 1.54) is 0 Å². The highest BCUT2D eigenvalue weighted by molar-refractivity contribution is 5.97. The lowest BCUT2D eigenvalue weighted by atomic mass is 9.84. The summed E-state index contributed by atoms with van der Waals surface area (Å²) >= 11 is 0. The first kappa shape index (κ1) is 10.5. The number of hydrogen-bond acceptors (Lipinski definition) is 2. The summed E-state index contributed by atoms with van der Waals surface area (Å²) in [4.78, 5) is 23.6. The zero-order valence-corrected chi connectivity index (χ0v) is 9.46. The topological polar surface area (TPSA) is 58.2 Å². The maximum atomic E-state index is 11.8. The Morgan fingerprint density at radius 3 is 2.13 bits per heavy atom. The average molecular weight is 210 g/mol. The van der Waals surface area contributed by atoms with Gasteiger partial charge in [-0.05, 0) is 24.2 Å². The van der Waals surface area contributed by atoms with Crippen LogP contribution in [-0.4, -0.2) is 23.9 Å². The fourth-order valence-corrected chi connectivity index (χ4v) is 1.97. The van der Waals surface area contributed by atoms with Crippen LogP contribution in [-0.2, 0) is 9.59 Å². The van der Waals surface area contributed by atoms with Gasteiger partial charge in [0.05, 0.1) is 0 Å². The molecule has 4 heteroatoms. The fraction of sp³-hybridized carbons (Fsp3) is 0.818. The molecule has 1 heterocycles. The van der Waals surface area contributed by atoms with E-state index >= 15 is 0 Å². The van der Waals surface area contributed by atoms with Crippen molar-refractivity contribution in [1.82, 2.24) is 10.6 Å². The Labute approximate surface area is 89.8 Å². The van der Waals surface area contributed by atoms with Crippen molar-refractivity contribution in [1.29, 1.82) is 0 Å². The molecule has 0 aromatic rings. The van der Waals surface area contributed by atoms with Crippen molar-refractivity contribution in [2.45, 2.75) is 45.7 Å². The van der Waals surface area contributed by atoms with Gasteiger partial charge in [0.2, 0.25) is 11.8 Å². The van der Waals surface area contributed by atoms with Gasteiger partial charge in [0, 0.05) is 0 Å². The third kappa shape index (κ3) is 1.98. The van der Waals surface area contributed by atoms with Gasteiger partial charge < -0.3 is 10.6 Å². The van der Waals surface area contributed by atoms with Crippen molar-refractivity contribution in [2.24, 2.45) is 11.3 Å². The first-order valence-electron chi connectivity index (χ1n) is 5.50. The van der Waals surface area contributed by atoms with E-state index in [1.54, 1.807) is 0 Å². The van der Waals surface area contributed by atoms with Crippen molar-refractivity contribution in [3.63, 3.8) is 0 Å². The second kappa shape index (κ2) is 3.22. The molecule has 0 spiro atoms. The van der Waals surface area contributed by atoms with Gasteiger partial charge >= 0.3 is 0 Å². The fourth-order valence-electron chi connectivity index (χ4n) is 1.97. The molecule has 2 aliphatic rings. The predicted octanol–water partition coefficient (Wildman–Crippen LogP) is 0.426. The van der Waals surface area contributed by atoms with E-state index in [1.807, 2.05) is 20.8 Å². The molecule has 15 heavy (non-hydrogen) atoms. The number of rotatable bonds is 1. The van der Waals surface area contributed by atoms with Gasteiger partial charge in [0.1, 0.15) is 12.1 Å². The molecule has 0 radical (unpaired) electrons. The largest absolute Gasteiger partial charge is 0.342 e. The van der Waals surface area contributed by atoms with Gasteiger partial charge in [0.15, 0.2) is 0 Å². The SMILES string of the molecule is CC(C)(C)C1NC(=O)C(C2CC2)NC1=O. The van der Waals surface area contributed by atoms with Crippen molar-refractivity contribution >= 4 is 11.8 Å². The molecule has 0 aromatic carbocycles. The standard InChI is InChI=1S/C11H18N2O2/c1-11(2,3)8-10(15)12-7(6-4-5-6)9(14)13-8/h6-8H,4-5H2,1-3H3,(H,12,15)(H,13,14). The van der Waals surface area contributed by atoms with Crippen molar-refractivity contribution in [2.75, 3.05) is 0 Å². The minimum Gasteiger partial charge on any atom is -0.342 e. The number of piperazine rings is 1. The summed E-state index contributed by atoms with van der Waals surface area (Å²) in [6.45, 7) is 5.86. The van der Waals surface area contributed by atoms with Crippen LogP contribution in [0.5, 0.6) is 0 Å². The summed E-state index contributed by atoms with van der Waals surface area (Å²) in [6.07, 6.45) is 2.11. The number of amides is 2. The Hall–Kier alpha value is -1.06. The normalized spacial score (nSPS) is 32.2. The molecule has 2 amide bonds. The first-order chi connectivity index (χ1) is 6.89. The third-order valence-electron chi connectivity index (χ3n) is 3.09. The molecule has 0 aromatic heterocycles. The van der Waals surface area contributed by atoms with E-state index in [4.69, 9.17) is 0 Å². The van der Waals surface area contributed by atoms with E-state index in [0.717, 1.165) is 12.8 Å². The van der Waals surface area contributed by atoms with Gasteiger partial charge in [-0.2, -0.15) is 0 Å². The summed E-state index contributed by atoms with van der Waals surface area (Å²) < 4.78 is 0. The quantitative estimate of drug-likeness (QED) is 0.659. The number of nitrogens with one attached hydrogen (secondary N) is 2. The summed E-state index contributed by atoms with van der Waals surface area (Å²) in [5, 5.41) is 5.66. The number of hydrogen-bond donors (Lipinski definition) is 2. The van der Waals surface area contributed by atoms with Crippen LogP contribution in [0.2, 0.25) is 0 Å². The van der Waals surface area contributed by atoms with Crippen LogP contribution >= 0.6 is 0 Å². The first-order valence-corrected chi connectivity index (χ1v) is 5.50. The van der Waals surface area contributed by atoms with Gasteiger partial charge in [-0.3, -0.25) is 9.59 Å². The third-order valence-corrected chi connectivity index (χ3v) is 3.09. The minimum absolute atomic E-state index is 0.0166. The molecular weight excluding hydrogens is 192 g/mol. The maximum Gasteiger partial charge on any atom is 0.243 e. The second-order valence-corrected chi connectivity index (χ2v) is 5.63. The van der Waals surface area contributed by atoms with Gasteiger partial charge in [-0.25, -0.2) is 0 Å². The minimum atomic E-state index is -0.403. The van der Waals surface area contributed by atoms with E-state index in [9.17, 15) is 9.59 Å². The summed E-state index contributed by atoms with van der Waals surface area (Å²) in [6, 6.07) is -0.684. The predicted molar refractivity (Wildman–Crippen MR) is 56.0 cm³/mol. The lowest BCUT2D eigenvalue weighted by Crippen LogP contribution is -2.65. The Bertz CT molecular complexity index is 302. The molecular formula is C11H18N2O2. The Morgan fingerprint density at radius 1 is 1.07 bits per heavy atom. The molecule has 1 aliphatic carbocycles. The Kier molecular flexibility index (Phi) is 2.24. The molecule has 1 aliphatic heterocycles. The van der Waals surface area contributed by atoms with Crippen LogP contribution in [0, 0.1) is 11.3 Å². The summed E-state index contributed by atoms with van der Waals surface area (Å²) in [7, 11) is 0.